The molecule has 0 saturated carbocycles. The Hall–Kier alpha value is -0.120. The van der Waals surface area contributed by atoms with E-state index < -0.39 is 0 Å². The smallest absolute Gasteiger partial charge is 0.0467 e. The van der Waals surface area contributed by atoms with Crippen molar-refractivity contribution >= 4 is 0 Å². The fourth-order valence-corrected chi connectivity index (χ4v) is 0.340. The molecule has 0 bridgehead atoms. The van der Waals surface area contributed by atoms with Crippen molar-refractivity contribution in [3.8, 4) is 0 Å². The lowest BCUT2D eigenvalue weighted by Crippen LogP contribution is -2.40. The summed E-state index contributed by atoms with van der Waals surface area (Å²) in [5, 5.41) is 9.86. The molecule has 0 aromatic rings. The second kappa shape index (κ2) is 3.02. The summed E-state index contributed by atoms with van der Waals surface area (Å²) in [7, 11) is 1.59. The first kappa shape index (κ1) is 7.88. The molecular weight excluding hydrogens is 104 g/mol. The van der Waals surface area contributed by atoms with E-state index in [4.69, 9.17) is 10.9 Å². The molecule has 0 heterocycles. The molecule has 0 saturated heterocycles. The quantitative estimate of drug-likeness (QED) is 0.503. The fourth-order valence-electron chi connectivity index (χ4n) is 0.340. The summed E-state index contributed by atoms with van der Waals surface area (Å²) in [5.74, 6) is 0. The lowest BCUT2D eigenvalue weighted by Gasteiger charge is -2.20. The van der Waals surface area contributed by atoms with Crippen LogP contribution in [0.1, 0.15) is 13.8 Å². The van der Waals surface area contributed by atoms with Crippen LogP contribution in [0.3, 0.4) is 0 Å². The average Bonchev–Trinajstić information content (AvgIpc) is 1.64. The zero-order chi connectivity index (χ0) is 6.73. The van der Waals surface area contributed by atoms with Gasteiger partial charge in [-0.15, -0.1) is 0 Å². The monoisotopic (exact) mass is 118 g/mol. The predicted molar refractivity (Wildman–Crippen MR) is 32.7 cm³/mol. The van der Waals surface area contributed by atoms with Crippen molar-refractivity contribution in [2.24, 2.45) is 5.73 Å². The number of rotatable bonds is 2. The van der Waals surface area contributed by atoms with Crippen LogP contribution in [-0.4, -0.2) is 29.4 Å². The molecule has 50 valence electrons. The predicted octanol–water partition coefficient (Wildman–Crippen LogP) is 0.0431. The van der Waals surface area contributed by atoms with Crippen molar-refractivity contribution in [1.82, 2.24) is 5.06 Å². The molecule has 0 fully saturated rings. The largest absolute Gasteiger partial charge is 0.326 e. The van der Waals surface area contributed by atoms with Gasteiger partial charge in [0.2, 0.25) is 0 Å². The number of nitrogens with zero attached hydrogens (tertiary/aromatic N) is 1. The minimum Gasteiger partial charge on any atom is -0.326 e. The van der Waals surface area contributed by atoms with Crippen molar-refractivity contribution in [3.05, 3.63) is 0 Å². The van der Waals surface area contributed by atoms with Gasteiger partial charge in [-0.3, -0.25) is 0 Å². The standard InChI is InChI=1S/C5H14N2O/c1-4(6)5(2)7(3)8/h4-5,8H,6H2,1-3H3. The topological polar surface area (TPSA) is 49.5 Å². The second-order valence-electron chi connectivity index (χ2n) is 2.17. The molecule has 0 amide bonds. The number of hydrogen-bond donors (Lipinski definition) is 2. The Morgan fingerprint density at radius 1 is 1.50 bits per heavy atom. The van der Waals surface area contributed by atoms with Gasteiger partial charge >= 0.3 is 0 Å². The Morgan fingerprint density at radius 2 is 1.88 bits per heavy atom. The molecule has 3 N–H and O–H groups in total. The third-order valence-corrected chi connectivity index (χ3v) is 1.35. The number of hydrogen-bond acceptors (Lipinski definition) is 3. The average molecular weight is 118 g/mol. The Balaban J connectivity index is 3.46. The molecular formula is C5H14N2O. The molecule has 2 unspecified atom stereocenters. The second-order valence-corrected chi connectivity index (χ2v) is 2.17. The summed E-state index contributed by atoms with van der Waals surface area (Å²) in [6.45, 7) is 3.72. The Kier molecular flexibility index (Phi) is 2.97. The molecule has 8 heavy (non-hydrogen) atoms. The Morgan fingerprint density at radius 3 is 1.88 bits per heavy atom. The zero-order valence-corrected chi connectivity index (χ0v) is 5.63. The molecule has 2 atom stereocenters. The summed E-state index contributed by atoms with van der Waals surface area (Å²) < 4.78 is 0. The maximum absolute atomic E-state index is 8.74. The van der Waals surface area contributed by atoms with Gasteiger partial charge < -0.3 is 10.9 Å². The van der Waals surface area contributed by atoms with Gasteiger partial charge in [-0.25, -0.2) is 0 Å². The molecule has 3 nitrogen and oxygen atoms in total. The maximum Gasteiger partial charge on any atom is 0.0467 e. The first-order valence-electron chi connectivity index (χ1n) is 2.73. The van der Waals surface area contributed by atoms with Crippen LogP contribution in [0.2, 0.25) is 0 Å². The van der Waals surface area contributed by atoms with Crippen molar-refractivity contribution in [3.63, 3.8) is 0 Å². The van der Waals surface area contributed by atoms with Crippen LogP contribution >= 0.6 is 0 Å². The summed E-state index contributed by atoms with van der Waals surface area (Å²) in [6.07, 6.45) is 0. The molecule has 0 radical (unpaired) electrons. The highest BCUT2D eigenvalue weighted by Crippen LogP contribution is 1.93. The van der Waals surface area contributed by atoms with Crippen LogP contribution in [0.5, 0.6) is 0 Å². The van der Waals surface area contributed by atoms with E-state index in [0.717, 1.165) is 5.06 Å². The fraction of sp³-hybridized carbons (Fsp3) is 1.00. The Labute approximate surface area is 50.0 Å². The van der Waals surface area contributed by atoms with E-state index in [1.165, 1.54) is 0 Å². The molecule has 0 aliphatic rings. The number of hydroxylamine groups is 2. The molecule has 0 aromatic heterocycles. The van der Waals surface area contributed by atoms with Crippen LogP contribution in [0.4, 0.5) is 0 Å². The number of likely N-dealkylation sites (N-methyl/N-ethyl adjacent to an activating group) is 1. The summed E-state index contributed by atoms with van der Waals surface area (Å²) >= 11 is 0. The summed E-state index contributed by atoms with van der Waals surface area (Å²) in [4.78, 5) is 0. The van der Waals surface area contributed by atoms with Gasteiger partial charge in [0.15, 0.2) is 0 Å². The van der Waals surface area contributed by atoms with Gasteiger partial charge in [-0.1, -0.05) is 0 Å². The van der Waals surface area contributed by atoms with Crippen LogP contribution in [0.15, 0.2) is 0 Å². The van der Waals surface area contributed by atoms with Gasteiger partial charge in [0.1, 0.15) is 0 Å². The van der Waals surface area contributed by atoms with Gasteiger partial charge in [-0.05, 0) is 13.8 Å². The first-order valence-corrected chi connectivity index (χ1v) is 2.73. The van der Waals surface area contributed by atoms with Crippen LogP contribution in [0, 0.1) is 0 Å². The molecule has 0 rings (SSSR count). The third kappa shape index (κ3) is 2.26. The van der Waals surface area contributed by atoms with Crippen molar-refractivity contribution in [1.29, 1.82) is 0 Å². The van der Waals surface area contributed by atoms with Gasteiger partial charge in [0, 0.05) is 19.1 Å². The highest BCUT2D eigenvalue weighted by atomic mass is 16.5. The van der Waals surface area contributed by atoms with Gasteiger partial charge in [-0.2, -0.15) is 5.06 Å². The normalized spacial score (nSPS) is 18.8. The zero-order valence-electron chi connectivity index (χ0n) is 5.63. The minimum absolute atomic E-state index is 0.0185. The molecule has 0 aliphatic carbocycles. The van der Waals surface area contributed by atoms with Crippen LogP contribution < -0.4 is 5.73 Å². The highest BCUT2D eigenvalue weighted by Gasteiger charge is 2.09. The molecule has 0 aliphatic heterocycles. The molecule has 0 aromatic carbocycles. The van der Waals surface area contributed by atoms with Crippen LogP contribution in [0.25, 0.3) is 0 Å². The lowest BCUT2D eigenvalue weighted by molar-refractivity contribution is -0.101. The van der Waals surface area contributed by atoms with E-state index in [1.54, 1.807) is 7.05 Å². The maximum atomic E-state index is 8.74. The SMILES string of the molecule is CC(N)C(C)N(C)O. The first-order chi connectivity index (χ1) is 3.55. The van der Waals surface area contributed by atoms with E-state index in [2.05, 4.69) is 0 Å². The van der Waals surface area contributed by atoms with E-state index in [1.807, 2.05) is 13.8 Å². The van der Waals surface area contributed by atoms with E-state index in [-0.39, 0.29) is 12.1 Å². The van der Waals surface area contributed by atoms with Crippen LogP contribution in [-0.2, 0) is 0 Å². The van der Waals surface area contributed by atoms with Crippen molar-refractivity contribution < 1.29 is 5.21 Å². The minimum atomic E-state index is 0.0185. The Bertz CT molecular complexity index is 55.4. The lowest BCUT2D eigenvalue weighted by atomic mass is 10.2. The summed E-state index contributed by atoms with van der Waals surface area (Å²) in [6, 6.07) is 0.0556. The summed E-state index contributed by atoms with van der Waals surface area (Å²) in [5.41, 5.74) is 5.44. The van der Waals surface area contributed by atoms with E-state index in [0.29, 0.717) is 0 Å². The molecule has 3 heteroatoms. The van der Waals surface area contributed by atoms with Crippen molar-refractivity contribution in [2.45, 2.75) is 25.9 Å². The van der Waals surface area contributed by atoms with Crippen molar-refractivity contribution in [2.75, 3.05) is 7.05 Å². The van der Waals surface area contributed by atoms with E-state index >= 15 is 0 Å². The highest BCUT2D eigenvalue weighted by molar-refractivity contribution is 4.66. The van der Waals surface area contributed by atoms with Gasteiger partial charge in [0.05, 0.1) is 0 Å². The van der Waals surface area contributed by atoms with Gasteiger partial charge in [0.25, 0.3) is 0 Å². The molecule has 0 spiro atoms. The number of nitrogens with two attached hydrogens (primary N) is 1. The van der Waals surface area contributed by atoms with E-state index in [9.17, 15) is 0 Å². The third-order valence-electron chi connectivity index (χ3n) is 1.35.